The summed E-state index contributed by atoms with van der Waals surface area (Å²) in [5, 5.41) is 0.142. The maximum Gasteiger partial charge on any atom is 0.263 e. The normalized spacial score (nSPS) is 11.4. The van der Waals surface area contributed by atoms with Crippen LogP contribution < -0.4 is 4.72 Å². The van der Waals surface area contributed by atoms with E-state index in [4.69, 9.17) is 23.2 Å². The summed E-state index contributed by atoms with van der Waals surface area (Å²) in [6.45, 7) is 1.91. The third-order valence-corrected chi connectivity index (χ3v) is 5.39. The summed E-state index contributed by atoms with van der Waals surface area (Å²) in [5.41, 5.74) is 1.44. The number of sulfonamides is 1. The molecular weight excluding hydrogens is 387 g/mol. The number of pyridine rings is 1. The topological polar surface area (TPSA) is 59.1 Å². The summed E-state index contributed by atoms with van der Waals surface area (Å²) in [7, 11) is -3.76. The molecule has 0 aliphatic heterocycles. The summed E-state index contributed by atoms with van der Waals surface area (Å²) in [6, 6.07) is 6.40. The number of rotatable bonds is 3. The predicted octanol–water partition coefficient (Wildman–Crippen LogP) is 4.26. The molecule has 1 aromatic heterocycles. The van der Waals surface area contributed by atoms with Crippen molar-refractivity contribution < 1.29 is 8.42 Å². The lowest BCUT2D eigenvalue weighted by Gasteiger charge is -2.09. The lowest BCUT2D eigenvalue weighted by molar-refractivity contribution is 0.601. The Balaban J connectivity index is 2.35. The van der Waals surface area contributed by atoms with Crippen molar-refractivity contribution in [1.82, 2.24) is 4.98 Å². The highest BCUT2D eigenvalue weighted by Gasteiger charge is 2.16. The molecule has 20 heavy (non-hydrogen) atoms. The van der Waals surface area contributed by atoms with Crippen molar-refractivity contribution in [2.75, 3.05) is 4.72 Å². The molecule has 1 aromatic carbocycles. The van der Waals surface area contributed by atoms with Gasteiger partial charge in [0.05, 0.1) is 5.02 Å². The Morgan fingerprint density at radius 2 is 1.95 bits per heavy atom. The fourth-order valence-corrected chi connectivity index (χ4v) is 3.15. The molecule has 0 bridgehead atoms. The van der Waals surface area contributed by atoms with Crippen LogP contribution in [0.15, 0.2) is 39.8 Å². The molecule has 4 nitrogen and oxygen atoms in total. The van der Waals surface area contributed by atoms with Crippen LogP contribution in [-0.4, -0.2) is 13.4 Å². The van der Waals surface area contributed by atoms with Gasteiger partial charge in [0.1, 0.15) is 10.0 Å². The van der Waals surface area contributed by atoms with E-state index in [-0.39, 0.29) is 15.1 Å². The molecule has 8 heteroatoms. The number of aryl methyl sites for hydroxylation is 1. The van der Waals surface area contributed by atoms with Crippen LogP contribution in [-0.2, 0) is 10.0 Å². The smallest absolute Gasteiger partial charge is 0.263 e. The summed E-state index contributed by atoms with van der Waals surface area (Å²) in [6.07, 6.45) is 1.15. The van der Waals surface area contributed by atoms with Gasteiger partial charge in [-0.15, -0.1) is 0 Å². The van der Waals surface area contributed by atoms with Crippen molar-refractivity contribution in [1.29, 1.82) is 0 Å². The Bertz CT molecular complexity index is 766. The number of hydrogen-bond donors (Lipinski definition) is 1. The molecule has 0 aliphatic carbocycles. The minimum Gasteiger partial charge on any atom is -0.280 e. The van der Waals surface area contributed by atoms with Gasteiger partial charge in [0.25, 0.3) is 10.0 Å². The van der Waals surface area contributed by atoms with Crippen molar-refractivity contribution in [2.24, 2.45) is 0 Å². The van der Waals surface area contributed by atoms with Gasteiger partial charge in [0, 0.05) is 16.4 Å². The third kappa shape index (κ3) is 3.44. The van der Waals surface area contributed by atoms with E-state index in [1.54, 1.807) is 18.2 Å². The van der Waals surface area contributed by atoms with E-state index in [0.29, 0.717) is 5.69 Å². The third-order valence-electron chi connectivity index (χ3n) is 2.51. The quantitative estimate of drug-likeness (QED) is 0.789. The van der Waals surface area contributed by atoms with Gasteiger partial charge < -0.3 is 0 Å². The molecule has 0 aliphatic rings. The van der Waals surface area contributed by atoms with Gasteiger partial charge in [-0.05, 0) is 30.7 Å². The van der Waals surface area contributed by atoms with Crippen LogP contribution >= 0.6 is 39.1 Å². The summed E-state index contributed by atoms with van der Waals surface area (Å²) >= 11 is 14.8. The molecule has 1 heterocycles. The zero-order valence-corrected chi connectivity index (χ0v) is 14.1. The Labute approximate surface area is 135 Å². The van der Waals surface area contributed by atoms with Crippen LogP contribution in [0.4, 0.5) is 5.69 Å². The molecule has 2 aromatic rings. The summed E-state index contributed by atoms with van der Waals surface area (Å²) in [4.78, 5) is 3.67. The molecule has 0 atom stereocenters. The standard InChI is InChI=1S/C12H9BrCl2N2O2S/c1-7-2-3-8(4-10(7)13)17-20(18,19)9-5-11(14)12(15)16-6-9/h2-6,17H,1H3. The molecule has 2 rings (SSSR count). The molecule has 0 saturated carbocycles. The van der Waals surface area contributed by atoms with Crippen molar-refractivity contribution in [3.63, 3.8) is 0 Å². The SMILES string of the molecule is Cc1ccc(NS(=O)(=O)c2cnc(Cl)c(Cl)c2)cc1Br. The second-order valence-corrected chi connectivity index (χ2v) is 7.32. The molecule has 0 fully saturated rings. The van der Waals surface area contributed by atoms with E-state index in [9.17, 15) is 8.42 Å². The van der Waals surface area contributed by atoms with Gasteiger partial charge in [-0.2, -0.15) is 0 Å². The molecule has 1 N–H and O–H groups in total. The van der Waals surface area contributed by atoms with Gasteiger partial charge in [0.15, 0.2) is 0 Å². The number of halogens is 3. The monoisotopic (exact) mass is 394 g/mol. The first-order chi connectivity index (χ1) is 9.29. The highest BCUT2D eigenvalue weighted by molar-refractivity contribution is 9.10. The van der Waals surface area contributed by atoms with E-state index >= 15 is 0 Å². The molecule has 0 unspecified atom stereocenters. The molecule has 0 radical (unpaired) electrons. The van der Waals surface area contributed by atoms with Crippen LogP contribution in [0.25, 0.3) is 0 Å². The maximum atomic E-state index is 12.2. The average molecular weight is 396 g/mol. The van der Waals surface area contributed by atoms with Crippen molar-refractivity contribution in [3.8, 4) is 0 Å². The highest BCUT2D eigenvalue weighted by Crippen LogP contribution is 2.25. The van der Waals surface area contributed by atoms with Crippen molar-refractivity contribution in [3.05, 3.63) is 50.7 Å². The summed E-state index contributed by atoms with van der Waals surface area (Å²) in [5.74, 6) is 0. The first-order valence-electron chi connectivity index (χ1n) is 5.39. The zero-order valence-electron chi connectivity index (χ0n) is 10.2. The predicted molar refractivity (Wildman–Crippen MR) is 83.9 cm³/mol. The van der Waals surface area contributed by atoms with E-state index in [2.05, 4.69) is 25.6 Å². The molecule has 0 saturated heterocycles. The van der Waals surface area contributed by atoms with Gasteiger partial charge in [-0.25, -0.2) is 13.4 Å². The highest BCUT2D eigenvalue weighted by atomic mass is 79.9. The molecular formula is C12H9BrCl2N2O2S. The van der Waals surface area contributed by atoms with Crippen molar-refractivity contribution in [2.45, 2.75) is 11.8 Å². The Morgan fingerprint density at radius 3 is 2.55 bits per heavy atom. The lowest BCUT2D eigenvalue weighted by Crippen LogP contribution is -2.13. The molecule has 106 valence electrons. The lowest BCUT2D eigenvalue weighted by atomic mass is 10.2. The number of nitrogens with one attached hydrogen (secondary N) is 1. The van der Waals surface area contributed by atoms with Crippen LogP contribution in [0.2, 0.25) is 10.2 Å². The van der Waals surface area contributed by atoms with Gasteiger partial charge >= 0.3 is 0 Å². The molecule has 0 amide bonds. The van der Waals surface area contributed by atoms with E-state index in [0.717, 1.165) is 16.2 Å². The van der Waals surface area contributed by atoms with E-state index in [1.165, 1.54) is 6.07 Å². The number of nitrogens with zero attached hydrogens (tertiary/aromatic N) is 1. The fraction of sp³-hybridized carbons (Fsp3) is 0.0833. The van der Waals surface area contributed by atoms with Crippen LogP contribution in [0.1, 0.15) is 5.56 Å². The van der Waals surface area contributed by atoms with Gasteiger partial charge in [0.2, 0.25) is 0 Å². The average Bonchev–Trinajstić information content (AvgIpc) is 2.37. The van der Waals surface area contributed by atoms with E-state index < -0.39 is 10.0 Å². The van der Waals surface area contributed by atoms with Crippen molar-refractivity contribution >= 4 is 54.8 Å². The molecule has 0 spiro atoms. The maximum absolute atomic E-state index is 12.2. The summed E-state index contributed by atoms with van der Waals surface area (Å²) < 4.78 is 27.6. The largest absolute Gasteiger partial charge is 0.280 e. The zero-order chi connectivity index (χ0) is 14.9. The second-order valence-electron chi connectivity index (χ2n) is 4.01. The number of hydrogen-bond acceptors (Lipinski definition) is 3. The fourth-order valence-electron chi connectivity index (χ4n) is 1.42. The van der Waals surface area contributed by atoms with E-state index in [1.807, 2.05) is 6.92 Å². The van der Waals surface area contributed by atoms with Crippen LogP contribution in [0.5, 0.6) is 0 Å². The van der Waals surface area contributed by atoms with Gasteiger partial charge in [-0.3, -0.25) is 4.72 Å². The number of anilines is 1. The van der Waals surface area contributed by atoms with Crippen LogP contribution in [0.3, 0.4) is 0 Å². The number of benzene rings is 1. The Hall–Kier alpha value is -0.820. The Kier molecular flexibility index (Phi) is 4.59. The minimum absolute atomic E-state index is 0.0522. The first kappa shape index (κ1) is 15.6. The minimum atomic E-state index is -3.76. The second kappa shape index (κ2) is 5.89. The first-order valence-corrected chi connectivity index (χ1v) is 8.43. The Morgan fingerprint density at radius 1 is 1.25 bits per heavy atom. The number of aromatic nitrogens is 1. The van der Waals surface area contributed by atoms with Gasteiger partial charge in [-0.1, -0.05) is 45.2 Å². The van der Waals surface area contributed by atoms with Crippen LogP contribution in [0, 0.1) is 6.92 Å².